The van der Waals surface area contributed by atoms with Crippen LogP contribution in [0.5, 0.6) is 0 Å². The van der Waals surface area contributed by atoms with E-state index in [0.717, 1.165) is 30.9 Å². The Morgan fingerprint density at radius 1 is 1.20 bits per heavy atom. The normalized spacial score (nSPS) is 24.6. The van der Waals surface area contributed by atoms with Gasteiger partial charge >= 0.3 is 0 Å². The molecule has 2 heteroatoms. The van der Waals surface area contributed by atoms with Crippen LogP contribution in [0.2, 0.25) is 0 Å². The number of fused-ring (bicyclic) bond motifs is 1. The molecule has 0 spiro atoms. The lowest BCUT2D eigenvalue weighted by Crippen LogP contribution is -2.43. The Morgan fingerprint density at radius 3 is 2.75 bits per heavy atom. The number of halogens is 1. The van der Waals surface area contributed by atoms with Crippen LogP contribution in [0.25, 0.3) is 0 Å². The SMILES string of the molecule is CC[C@H]1Cc2c(F)cccc2CN1CC1CCCCC1. The highest BCUT2D eigenvalue weighted by Crippen LogP contribution is 2.31. The monoisotopic (exact) mass is 275 g/mol. The fourth-order valence-corrected chi connectivity index (χ4v) is 4.01. The summed E-state index contributed by atoms with van der Waals surface area (Å²) >= 11 is 0. The van der Waals surface area contributed by atoms with Gasteiger partial charge in [-0.25, -0.2) is 4.39 Å². The standard InChI is InChI=1S/C18H26FN/c1-2-16-11-17-15(9-6-10-18(17)19)13-20(16)12-14-7-4-3-5-8-14/h6,9-10,14,16H,2-5,7-8,11-13H2,1H3/t16-/m0/s1. The lowest BCUT2D eigenvalue weighted by Gasteiger charge is -2.39. The summed E-state index contributed by atoms with van der Waals surface area (Å²) in [5, 5.41) is 0. The maximum Gasteiger partial charge on any atom is 0.126 e. The van der Waals surface area contributed by atoms with Crippen molar-refractivity contribution in [2.24, 2.45) is 5.92 Å². The molecule has 1 saturated carbocycles. The summed E-state index contributed by atoms with van der Waals surface area (Å²) in [6.07, 6.45) is 9.03. The van der Waals surface area contributed by atoms with Crippen LogP contribution in [0.4, 0.5) is 4.39 Å². The average Bonchev–Trinajstić information content (AvgIpc) is 2.48. The zero-order valence-electron chi connectivity index (χ0n) is 12.6. The molecule has 0 amide bonds. The minimum atomic E-state index is -0.00161. The molecule has 0 radical (unpaired) electrons. The van der Waals surface area contributed by atoms with Crippen LogP contribution in [-0.2, 0) is 13.0 Å². The molecule has 1 aliphatic carbocycles. The van der Waals surface area contributed by atoms with Gasteiger partial charge in [0.15, 0.2) is 0 Å². The number of nitrogens with zero attached hydrogens (tertiary/aromatic N) is 1. The summed E-state index contributed by atoms with van der Waals surface area (Å²) in [4.78, 5) is 2.62. The Balaban J connectivity index is 1.74. The van der Waals surface area contributed by atoms with E-state index in [1.807, 2.05) is 6.07 Å². The van der Waals surface area contributed by atoms with Gasteiger partial charge in [0.1, 0.15) is 5.82 Å². The first-order valence-electron chi connectivity index (χ1n) is 8.28. The number of benzene rings is 1. The van der Waals surface area contributed by atoms with E-state index in [4.69, 9.17) is 0 Å². The van der Waals surface area contributed by atoms with Gasteiger partial charge in [0.05, 0.1) is 0 Å². The van der Waals surface area contributed by atoms with Crippen LogP contribution in [0.3, 0.4) is 0 Å². The smallest absolute Gasteiger partial charge is 0.126 e. The summed E-state index contributed by atoms with van der Waals surface area (Å²) in [5.41, 5.74) is 2.18. The van der Waals surface area contributed by atoms with E-state index in [-0.39, 0.29) is 5.82 Å². The molecule has 110 valence electrons. The molecule has 0 aromatic heterocycles. The van der Waals surface area contributed by atoms with Crippen molar-refractivity contribution in [2.45, 2.75) is 64.5 Å². The first-order chi connectivity index (χ1) is 9.78. The molecule has 1 heterocycles. The molecule has 1 aliphatic heterocycles. The van der Waals surface area contributed by atoms with Crippen LogP contribution in [0.1, 0.15) is 56.6 Å². The van der Waals surface area contributed by atoms with Crippen molar-refractivity contribution in [3.63, 3.8) is 0 Å². The van der Waals surface area contributed by atoms with Gasteiger partial charge in [-0.1, -0.05) is 38.3 Å². The van der Waals surface area contributed by atoms with E-state index in [9.17, 15) is 4.39 Å². The second-order valence-corrected chi connectivity index (χ2v) is 6.58. The van der Waals surface area contributed by atoms with Gasteiger partial charge in [0, 0.05) is 19.1 Å². The van der Waals surface area contributed by atoms with Gasteiger partial charge < -0.3 is 0 Å². The van der Waals surface area contributed by atoms with E-state index >= 15 is 0 Å². The molecular formula is C18H26FN. The predicted molar refractivity (Wildman–Crippen MR) is 81.2 cm³/mol. The molecule has 3 rings (SSSR count). The van der Waals surface area contributed by atoms with Crippen LogP contribution < -0.4 is 0 Å². The highest BCUT2D eigenvalue weighted by atomic mass is 19.1. The Labute approximate surface area is 122 Å². The number of hydrogen-bond donors (Lipinski definition) is 0. The van der Waals surface area contributed by atoms with Crippen molar-refractivity contribution in [3.8, 4) is 0 Å². The van der Waals surface area contributed by atoms with E-state index in [1.54, 1.807) is 6.07 Å². The highest BCUT2D eigenvalue weighted by Gasteiger charge is 2.28. The lowest BCUT2D eigenvalue weighted by molar-refractivity contribution is 0.124. The van der Waals surface area contributed by atoms with Gasteiger partial charge in [-0.2, -0.15) is 0 Å². The third-order valence-electron chi connectivity index (χ3n) is 5.23. The Kier molecular flexibility index (Phi) is 4.40. The molecule has 0 bridgehead atoms. The van der Waals surface area contributed by atoms with Crippen molar-refractivity contribution >= 4 is 0 Å². The molecule has 1 aromatic rings. The molecule has 1 atom stereocenters. The second kappa shape index (κ2) is 6.26. The van der Waals surface area contributed by atoms with E-state index < -0.39 is 0 Å². The van der Waals surface area contributed by atoms with E-state index in [2.05, 4.69) is 17.9 Å². The highest BCUT2D eigenvalue weighted by molar-refractivity contribution is 5.31. The number of rotatable bonds is 3. The maximum atomic E-state index is 13.9. The van der Waals surface area contributed by atoms with Crippen molar-refractivity contribution in [2.75, 3.05) is 6.54 Å². The third kappa shape index (κ3) is 2.90. The number of hydrogen-bond acceptors (Lipinski definition) is 1. The molecule has 0 saturated heterocycles. The zero-order chi connectivity index (χ0) is 13.9. The summed E-state index contributed by atoms with van der Waals surface area (Å²) in [6.45, 7) is 4.40. The molecule has 0 unspecified atom stereocenters. The molecule has 2 aliphatic rings. The minimum Gasteiger partial charge on any atom is -0.296 e. The fourth-order valence-electron chi connectivity index (χ4n) is 4.01. The zero-order valence-corrected chi connectivity index (χ0v) is 12.6. The molecule has 1 fully saturated rings. The Morgan fingerprint density at radius 2 is 2.00 bits per heavy atom. The molecule has 20 heavy (non-hydrogen) atoms. The topological polar surface area (TPSA) is 3.24 Å². The predicted octanol–water partition coefficient (Wildman–Crippen LogP) is 4.54. The van der Waals surface area contributed by atoms with Crippen LogP contribution >= 0.6 is 0 Å². The van der Waals surface area contributed by atoms with Gasteiger partial charge in [-0.15, -0.1) is 0 Å². The quantitative estimate of drug-likeness (QED) is 0.782. The fraction of sp³-hybridized carbons (Fsp3) is 0.667. The average molecular weight is 275 g/mol. The van der Waals surface area contributed by atoms with Crippen molar-refractivity contribution < 1.29 is 4.39 Å². The largest absolute Gasteiger partial charge is 0.296 e. The minimum absolute atomic E-state index is 0.00161. The van der Waals surface area contributed by atoms with Crippen molar-refractivity contribution in [1.29, 1.82) is 0 Å². The molecule has 1 aromatic carbocycles. The Bertz CT molecular complexity index is 451. The van der Waals surface area contributed by atoms with Gasteiger partial charge in [-0.3, -0.25) is 4.90 Å². The first kappa shape index (κ1) is 14.1. The lowest BCUT2D eigenvalue weighted by atomic mass is 9.86. The maximum absolute atomic E-state index is 13.9. The molecular weight excluding hydrogens is 249 g/mol. The van der Waals surface area contributed by atoms with Crippen LogP contribution in [-0.4, -0.2) is 17.5 Å². The summed E-state index contributed by atoms with van der Waals surface area (Å²) in [6, 6.07) is 6.11. The third-order valence-corrected chi connectivity index (χ3v) is 5.23. The molecule has 0 N–H and O–H groups in total. The van der Waals surface area contributed by atoms with Gasteiger partial charge in [0.2, 0.25) is 0 Å². The first-order valence-corrected chi connectivity index (χ1v) is 8.28. The van der Waals surface area contributed by atoms with Crippen LogP contribution in [0.15, 0.2) is 18.2 Å². The van der Waals surface area contributed by atoms with E-state index in [0.29, 0.717) is 6.04 Å². The van der Waals surface area contributed by atoms with Gasteiger partial charge in [-0.05, 0) is 48.8 Å². The van der Waals surface area contributed by atoms with Crippen molar-refractivity contribution in [3.05, 3.63) is 35.1 Å². The van der Waals surface area contributed by atoms with Crippen molar-refractivity contribution in [1.82, 2.24) is 4.90 Å². The van der Waals surface area contributed by atoms with Crippen LogP contribution in [0, 0.1) is 11.7 Å². The van der Waals surface area contributed by atoms with Gasteiger partial charge in [0.25, 0.3) is 0 Å². The summed E-state index contributed by atoms with van der Waals surface area (Å²) in [5.74, 6) is 0.867. The molecule has 1 nitrogen and oxygen atoms in total. The van der Waals surface area contributed by atoms with E-state index in [1.165, 1.54) is 44.2 Å². The summed E-state index contributed by atoms with van der Waals surface area (Å²) in [7, 11) is 0. The Hall–Kier alpha value is -0.890. The second-order valence-electron chi connectivity index (χ2n) is 6.58. The summed E-state index contributed by atoms with van der Waals surface area (Å²) < 4.78 is 13.9.